The second-order valence-corrected chi connectivity index (χ2v) is 6.33. The molecule has 0 bridgehead atoms. The first-order valence-corrected chi connectivity index (χ1v) is 8.36. The summed E-state index contributed by atoms with van der Waals surface area (Å²) in [5, 5.41) is 6.69. The van der Waals surface area contributed by atoms with Crippen molar-refractivity contribution in [1.82, 2.24) is 15.5 Å². The van der Waals surface area contributed by atoms with E-state index in [0.29, 0.717) is 0 Å². The second kappa shape index (κ2) is 12.4. The fraction of sp³-hybridized carbons (Fsp3) is 0.938. The molecular formula is C16H35IN4O. The summed E-state index contributed by atoms with van der Waals surface area (Å²) in [4.78, 5) is 7.35. The predicted octanol–water partition coefficient (Wildman–Crippen LogP) is 2.46. The molecular weight excluding hydrogens is 391 g/mol. The molecule has 1 rings (SSSR count). The van der Waals surface area contributed by atoms with Gasteiger partial charge in [-0.3, -0.25) is 9.89 Å². The van der Waals surface area contributed by atoms with E-state index >= 15 is 0 Å². The molecule has 1 fully saturated rings. The SMILES string of the molecule is CCNC(=NCC(C)(C)N1CCCCC1)NCCCOC.I. The van der Waals surface area contributed by atoms with Gasteiger partial charge in [-0.2, -0.15) is 0 Å². The monoisotopic (exact) mass is 426 g/mol. The van der Waals surface area contributed by atoms with Gasteiger partial charge in [0.05, 0.1) is 6.54 Å². The van der Waals surface area contributed by atoms with Crippen LogP contribution in [0.4, 0.5) is 0 Å². The van der Waals surface area contributed by atoms with E-state index in [0.717, 1.165) is 38.6 Å². The number of ether oxygens (including phenoxy) is 1. The maximum absolute atomic E-state index is 5.07. The Morgan fingerprint density at radius 2 is 1.86 bits per heavy atom. The molecule has 0 saturated carbocycles. The van der Waals surface area contributed by atoms with Crippen LogP contribution in [0, 0.1) is 0 Å². The first kappa shape index (κ1) is 21.9. The van der Waals surface area contributed by atoms with Crippen LogP contribution < -0.4 is 10.6 Å². The summed E-state index contributed by atoms with van der Waals surface area (Å²) in [7, 11) is 1.74. The lowest BCUT2D eigenvalue weighted by molar-refractivity contribution is 0.102. The normalized spacial score (nSPS) is 17.0. The third kappa shape index (κ3) is 8.53. The summed E-state index contributed by atoms with van der Waals surface area (Å²) in [5.74, 6) is 0.915. The number of hydrogen-bond donors (Lipinski definition) is 2. The van der Waals surface area contributed by atoms with Crippen LogP contribution in [0.2, 0.25) is 0 Å². The molecule has 0 aromatic rings. The van der Waals surface area contributed by atoms with Gasteiger partial charge in [0.25, 0.3) is 0 Å². The second-order valence-electron chi connectivity index (χ2n) is 6.33. The van der Waals surface area contributed by atoms with Crippen molar-refractivity contribution in [2.75, 3.05) is 46.4 Å². The molecule has 0 atom stereocenters. The fourth-order valence-corrected chi connectivity index (χ4v) is 2.64. The van der Waals surface area contributed by atoms with Crippen molar-refractivity contribution in [2.24, 2.45) is 4.99 Å². The van der Waals surface area contributed by atoms with E-state index in [1.807, 2.05) is 0 Å². The van der Waals surface area contributed by atoms with Crippen molar-refractivity contribution in [3.8, 4) is 0 Å². The van der Waals surface area contributed by atoms with Crippen LogP contribution in [0.15, 0.2) is 4.99 Å². The smallest absolute Gasteiger partial charge is 0.191 e. The summed E-state index contributed by atoms with van der Waals surface area (Å²) in [6.45, 7) is 12.5. The standard InChI is InChI=1S/C16H34N4O.HI/c1-5-17-15(18-10-9-13-21-4)19-14-16(2,3)20-11-7-6-8-12-20;/h5-14H2,1-4H3,(H2,17,18,19);1H. The predicted molar refractivity (Wildman–Crippen MR) is 105 cm³/mol. The number of nitrogens with one attached hydrogen (secondary N) is 2. The summed E-state index contributed by atoms with van der Waals surface area (Å²) in [6, 6.07) is 0. The Morgan fingerprint density at radius 1 is 1.18 bits per heavy atom. The molecule has 6 heteroatoms. The molecule has 22 heavy (non-hydrogen) atoms. The van der Waals surface area contributed by atoms with Crippen LogP contribution in [0.25, 0.3) is 0 Å². The van der Waals surface area contributed by atoms with Crippen molar-refractivity contribution in [2.45, 2.75) is 52.0 Å². The third-order valence-corrected chi connectivity index (χ3v) is 4.00. The molecule has 0 spiro atoms. The molecule has 1 heterocycles. The van der Waals surface area contributed by atoms with Crippen LogP contribution in [-0.4, -0.2) is 62.8 Å². The van der Waals surface area contributed by atoms with Gasteiger partial charge in [-0.05, 0) is 53.1 Å². The van der Waals surface area contributed by atoms with Crippen LogP contribution in [0.5, 0.6) is 0 Å². The Hall–Kier alpha value is -0.0800. The van der Waals surface area contributed by atoms with Gasteiger partial charge in [0.1, 0.15) is 0 Å². The van der Waals surface area contributed by atoms with E-state index in [2.05, 4.69) is 36.3 Å². The first-order valence-electron chi connectivity index (χ1n) is 8.36. The Labute approximate surface area is 153 Å². The van der Waals surface area contributed by atoms with Gasteiger partial charge in [0.2, 0.25) is 0 Å². The number of rotatable bonds is 8. The molecule has 1 saturated heterocycles. The van der Waals surface area contributed by atoms with Crippen molar-refractivity contribution in [3.05, 3.63) is 0 Å². The van der Waals surface area contributed by atoms with Crippen molar-refractivity contribution < 1.29 is 4.74 Å². The maximum Gasteiger partial charge on any atom is 0.191 e. The average Bonchev–Trinajstić information content (AvgIpc) is 2.50. The zero-order chi connectivity index (χ0) is 15.6. The molecule has 5 nitrogen and oxygen atoms in total. The molecule has 2 N–H and O–H groups in total. The van der Waals surface area contributed by atoms with Crippen LogP contribution in [-0.2, 0) is 4.74 Å². The molecule has 0 unspecified atom stereocenters. The number of aliphatic imine (C=N–C) groups is 1. The van der Waals surface area contributed by atoms with Gasteiger partial charge < -0.3 is 15.4 Å². The summed E-state index contributed by atoms with van der Waals surface area (Å²) in [5.41, 5.74) is 0.134. The summed E-state index contributed by atoms with van der Waals surface area (Å²) in [6.07, 6.45) is 5.01. The number of likely N-dealkylation sites (tertiary alicyclic amines) is 1. The minimum Gasteiger partial charge on any atom is -0.385 e. The zero-order valence-electron chi connectivity index (χ0n) is 14.8. The van der Waals surface area contributed by atoms with E-state index in [-0.39, 0.29) is 29.5 Å². The molecule has 1 aliphatic heterocycles. The lowest BCUT2D eigenvalue weighted by Gasteiger charge is -2.40. The lowest BCUT2D eigenvalue weighted by atomic mass is 9.99. The van der Waals surface area contributed by atoms with Gasteiger partial charge in [-0.25, -0.2) is 0 Å². The summed E-state index contributed by atoms with van der Waals surface area (Å²) < 4.78 is 5.07. The third-order valence-electron chi connectivity index (χ3n) is 4.00. The zero-order valence-corrected chi connectivity index (χ0v) is 17.1. The molecule has 0 aliphatic carbocycles. The number of nitrogens with zero attached hydrogens (tertiary/aromatic N) is 2. The van der Waals surface area contributed by atoms with E-state index in [1.54, 1.807) is 7.11 Å². The summed E-state index contributed by atoms with van der Waals surface area (Å²) >= 11 is 0. The van der Waals surface area contributed by atoms with Crippen molar-refractivity contribution >= 4 is 29.9 Å². The molecule has 1 aliphatic rings. The van der Waals surface area contributed by atoms with Crippen molar-refractivity contribution in [1.29, 1.82) is 0 Å². The molecule has 0 amide bonds. The van der Waals surface area contributed by atoms with Crippen LogP contribution in [0.1, 0.15) is 46.5 Å². The van der Waals surface area contributed by atoms with E-state index in [1.165, 1.54) is 32.4 Å². The Kier molecular flexibility index (Phi) is 12.3. The van der Waals surface area contributed by atoms with E-state index in [4.69, 9.17) is 9.73 Å². The molecule has 0 aromatic carbocycles. The molecule has 0 radical (unpaired) electrons. The highest BCUT2D eigenvalue weighted by Gasteiger charge is 2.27. The number of hydrogen-bond acceptors (Lipinski definition) is 3. The number of methoxy groups -OCH3 is 1. The van der Waals surface area contributed by atoms with Gasteiger partial charge >= 0.3 is 0 Å². The van der Waals surface area contributed by atoms with Crippen LogP contribution >= 0.6 is 24.0 Å². The Balaban J connectivity index is 0.00000441. The van der Waals surface area contributed by atoms with Gasteiger partial charge in [-0.15, -0.1) is 24.0 Å². The number of guanidine groups is 1. The Bertz CT molecular complexity index is 305. The van der Waals surface area contributed by atoms with Gasteiger partial charge in [0.15, 0.2) is 5.96 Å². The highest BCUT2D eigenvalue weighted by atomic mass is 127. The largest absolute Gasteiger partial charge is 0.385 e. The van der Waals surface area contributed by atoms with Crippen LogP contribution in [0.3, 0.4) is 0 Å². The van der Waals surface area contributed by atoms with E-state index < -0.39 is 0 Å². The fourth-order valence-electron chi connectivity index (χ4n) is 2.64. The highest BCUT2D eigenvalue weighted by Crippen LogP contribution is 2.20. The molecule has 132 valence electrons. The van der Waals surface area contributed by atoms with E-state index in [9.17, 15) is 0 Å². The maximum atomic E-state index is 5.07. The minimum atomic E-state index is 0. The average molecular weight is 426 g/mol. The van der Waals surface area contributed by atoms with Crippen molar-refractivity contribution in [3.63, 3.8) is 0 Å². The molecule has 0 aromatic heterocycles. The quantitative estimate of drug-likeness (QED) is 0.271. The highest BCUT2D eigenvalue weighted by molar-refractivity contribution is 14.0. The van der Waals surface area contributed by atoms with Gasteiger partial charge in [0, 0.05) is 32.3 Å². The lowest BCUT2D eigenvalue weighted by Crippen LogP contribution is -2.49. The number of piperidine rings is 1. The Morgan fingerprint density at radius 3 is 2.45 bits per heavy atom. The first-order chi connectivity index (χ1) is 10.1. The van der Waals surface area contributed by atoms with Gasteiger partial charge in [-0.1, -0.05) is 6.42 Å². The minimum absolute atomic E-state index is 0. The topological polar surface area (TPSA) is 48.9 Å². The number of halogens is 1.